The summed E-state index contributed by atoms with van der Waals surface area (Å²) in [4.78, 5) is 32.5. The molecule has 39 heavy (non-hydrogen) atoms. The Morgan fingerprint density at radius 3 is 2.69 bits per heavy atom. The van der Waals surface area contributed by atoms with E-state index in [0.29, 0.717) is 54.1 Å². The quantitative estimate of drug-likeness (QED) is 0.209. The molecule has 0 saturated carbocycles. The molecule has 0 aliphatic carbocycles. The van der Waals surface area contributed by atoms with Crippen LogP contribution in [0.15, 0.2) is 53.9 Å². The van der Waals surface area contributed by atoms with Gasteiger partial charge in [0.2, 0.25) is 5.91 Å². The number of hydrogen-bond acceptors (Lipinski definition) is 8. The molecule has 1 saturated heterocycles. The Kier molecular flexibility index (Phi) is 10.5. The Morgan fingerprint density at radius 1 is 1.23 bits per heavy atom. The largest absolute Gasteiger partial charge is 0.494 e. The van der Waals surface area contributed by atoms with E-state index in [1.165, 1.54) is 7.11 Å². The molecule has 2 aromatic rings. The summed E-state index contributed by atoms with van der Waals surface area (Å²) < 4.78 is 33.2. The van der Waals surface area contributed by atoms with Gasteiger partial charge in [-0.15, -0.1) is 0 Å². The predicted octanol–water partition coefficient (Wildman–Crippen LogP) is 4.33. The van der Waals surface area contributed by atoms with E-state index in [2.05, 4.69) is 4.98 Å². The first-order valence-electron chi connectivity index (χ1n) is 12.9. The van der Waals surface area contributed by atoms with Crippen molar-refractivity contribution in [2.45, 2.75) is 51.2 Å². The molecular formula is C28H33ClN2O7S. The monoisotopic (exact) mass is 576 g/mol. The summed E-state index contributed by atoms with van der Waals surface area (Å²) in [6.45, 7) is 3.36. The zero-order chi connectivity index (χ0) is 27.8. The van der Waals surface area contributed by atoms with E-state index in [-0.39, 0.29) is 25.0 Å². The SMILES string of the molecule is COS(=O)CCCOc1ccc(COC(=O)C2=C(C)N(CC3CCCO3)C(=O)CC2c2ccc(Cl)nc2)cc1. The van der Waals surface area contributed by atoms with Crippen LogP contribution >= 0.6 is 11.6 Å². The highest BCUT2D eigenvalue weighted by atomic mass is 35.5. The van der Waals surface area contributed by atoms with E-state index in [1.807, 2.05) is 12.1 Å². The number of esters is 1. The number of carbonyl (C=O) groups excluding carboxylic acids is 2. The van der Waals surface area contributed by atoms with Gasteiger partial charge in [0, 0.05) is 30.8 Å². The van der Waals surface area contributed by atoms with Crippen molar-refractivity contribution in [2.75, 3.05) is 32.6 Å². The van der Waals surface area contributed by atoms with Crippen molar-refractivity contribution in [3.05, 3.63) is 70.1 Å². The van der Waals surface area contributed by atoms with Crippen LogP contribution in [0, 0.1) is 0 Å². The maximum absolute atomic E-state index is 13.5. The average Bonchev–Trinajstić information content (AvgIpc) is 3.46. The summed E-state index contributed by atoms with van der Waals surface area (Å²) in [5.41, 5.74) is 2.53. The molecule has 9 nitrogen and oxygen atoms in total. The number of nitrogens with zero attached hydrogens (tertiary/aromatic N) is 2. The van der Waals surface area contributed by atoms with Crippen LogP contribution in [-0.4, -0.2) is 64.7 Å². The fraction of sp³-hybridized carbons (Fsp3) is 0.464. The molecule has 1 aromatic heterocycles. The third-order valence-corrected chi connectivity index (χ3v) is 8.03. The normalized spacial score (nSPS) is 20.3. The maximum Gasteiger partial charge on any atom is 0.336 e. The average molecular weight is 577 g/mol. The molecule has 3 heterocycles. The van der Waals surface area contributed by atoms with Crippen molar-refractivity contribution in [1.82, 2.24) is 9.88 Å². The first-order chi connectivity index (χ1) is 18.9. The van der Waals surface area contributed by atoms with E-state index < -0.39 is 23.0 Å². The number of hydrogen-bond donors (Lipinski definition) is 0. The summed E-state index contributed by atoms with van der Waals surface area (Å²) in [5, 5.41) is 0.336. The zero-order valence-electron chi connectivity index (χ0n) is 22.1. The van der Waals surface area contributed by atoms with E-state index in [0.717, 1.165) is 24.0 Å². The summed E-state index contributed by atoms with van der Waals surface area (Å²) >= 11 is 4.69. The minimum absolute atomic E-state index is 0.0437. The van der Waals surface area contributed by atoms with E-state index in [9.17, 15) is 13.8 Å². The molecule has 0 bridgehead atoms. The zero-order valence-corrected chi connectivity index (χ0v) is 23.7. The number of ether oxygens (including phenoxy) is 3. The van der Waals surface area contributed by atoms with Crippen LogP contribution in [0.3, 0.4) is 0 Å². The van der Waals surface area contributed by atoms with Crippen molar-refractivity contribution < 1.29 is 32.2 Å². The van der Waals surface area contributed by atoms with Gasteiger partial charge in [0.25, 0.3) is 0 Å². The van der Waals surface area contributed by atoms with Crippen molar-refractivity contribution in [2.24, 2.45) is 0 Å². The highest BCUT2D eigenvalue weighted by molar-refractivity contribution is 7.80. The molecule has 0 N–H and O–H groups in total. The fourth-order valence-corrected chi connectivity index (χ4v) is 5.36. The number of benzene rings is 1. The van der Waals surface area contributed by atoms with E-state index in [1.54, 1.807) is 42.3 Å². The number of carbonyl (C=O) groups is 2. The topological polar surface area (TPSA) is 104 Å². The molecule has 2 aliphatic rings. The number of halogens is 1. The van der Waals surface area contributed by atoms with Crippen LogP contribution in [0.4, 0.5) is 0 Å². The highest BCUT2D eigenvalue weighted by Crippen LogP contribution is 2.37. The molecule has 210 valence electrons. The number of allylic oxidation sites excluding steroid dienone is 1. The van der Waals surface area contributed by atoms with Gasteiger partial charge >= 0.3 is 5.97 Å². The van der Waals surface area contributed by atoms with Crippen molar-refractivity contribution in [3.63, 3.8) is 0 Å². The molecule has 2 aliphatic heterocycles. The van der Waals surface area contributed by atoms with Gasteiger partial charge < -0.3 is 19.1 Å². The lowest BCUT2D eigenvalue weighted by atomic mass is 9.84. The lowest BCUT2D eigenvalue weighted by Gasteiger charge is -2.35. The van der Waals surface area contributed by atoms with Gasteiger partial charge in [0.15, 0.2) is 11.1 Å². The van der Waals surface area contributed by atoms with Crippen LogP contribution in [0.25, 0.3) is 0 Å². The summed E-state index contributed by atoms with van der Waals surface area (Å²) in [6, 6.07) is 10.7. The summed E-state index contributed by atoms with van der Waals surface area (Å²) in [5.74, 6) is 0.0348. The van der Waals surface area contributed by atoms with Gasteiger partial charge in [0.1, 0.15) is 17.5 Å². The molecule has 1 aromatic carbocycles. The molecule has 3 unspecified atom stereocenters. The molecule has 1 amide bonds. The Balaban J connectivity index is 1.45. The van der Waals surface area contributed by atoms with Crippen LogP contribution in [-0.2, 0) is 40.9 Å². The molecule has 1 fully saturated rings. The first kappa shape index (κ1) is 29.2. The van der Waals surface area contributed by atoms with Crippen molar-refractivity contribution in [1.29, 1.82) is 0 Å². The van der Waals surface area contributed by atoms with E-state index >= 15 is 0 Å². The molecular weight excluding hydrogens is 544 g/mol. The van der Waals surface area contributed by atoms with Crippen molar-refractivity contribution in [3.8, 4) is 5.75 Å². The Hall–Kier alpha value is -2.79. The highest BCUT2D eigenvalue weighted by Gasteiger charge is 2.38. The standard InChI is InChI=1S/C28H33ClN2O7S/c1-19-27(28(33)38-18-20-6-9-22(10-7-20)36-13-4-14-39(34)35-2)24(21-8-11-25(29)30-16-21)15-26(32)31(19)17-23-5-3-12-37-23/h6-11,16,23-24H,3-5,12-15,17-18H2,1-2H3. The molecule has 11 heteroatoms. The first-order valence-corrected chi connectivity index (χ1v) is 14.5. The van der Waals surface area contributed by atoms with Gasteiger partial charge in [-0.05, 0) is 55.5 Å². The Labute approximate surface area is 236 Å². The number of pyridine rings is 1. The van der Waals surface area contributed by atoms with E-state index in [4.69, 9.17) is 30.0 Å². The predicted molar refractivity (Wildman–Crippen MR) is 146 cm³/mol. The molecule has 4 rings (SSSR count). The fourth-order valence-electron chi connectivity index (χ4n) is 4.73. The summed E-state index contributed by atoms with van der Waals surface area (Å²) in [6.07, 6.45) is 4.13. The molecule has 0 radical (unpaired) electrons. The molecule has 0 spiro atoms. The van der Waals surface area contributed by atoms with Crippen LogP contribution < -0.4 is 4.74 Å². The third kappa shape index (κ3) is 7.88. The van der Waals surface area contributed by atoms with Crippen LogP contribution in [0.1, 0.15) is 49.7 Å². The second-order valence-corrected chi connectivity index (χ2v) is 11.1. The number of rotatable bonds is 12. The van der Waals surface area contributed by atoms with Crippen molar-refractivity contribution >= 4 is 34.6 Å². The van der Waals surface area contributed by atoms with Gasteiger partial charge in [-0.1, -0.05) is 29.8 Å². The van der Waals surface area contributed by atoms with Crippen LogP contribution in [0.2, 0.25) is 5.15 Å². The second kappa shape index (κ2) is 14.0. The third-order valence-electron chi connectivity index (χ3n) is 6.81. The van der Waals surface area contributed by atoms with Gasteiger partial charge in [-0.2, -0.15) is 0 Å². The lowest BCUT2D eigenvalue weighted by Crippen LogP contribution is -2.42. The minimum Gasteiger partial charge on any atom is -0.494 e. The maximum atomic E-state index is 13.5. The smallest absolute Gasteiger partial charge is 0.336 e. The second-order valence-electron chi connectivity index (χ2n) is 9.41. The Morgan fingerprint density at radius 2 is 2.03 bits per heavy atom. The lowest BCUT2D eigenvalue weighted by molar-refractivity contribution is -0.141. The minimum atomic E-state index is -1.29. The molecule has 3 atom stereocenters. The van der Waals surface area contributed by atoms with Gasteiger partial charge in [-0.3, -0.25) is 8.98 Å². The van der Waals surface area contributed by atoms with Crippen LogP contribution in [0.5, 0.6) is 5.75 Å². The van der Waals surface area contributed by atoms with Gasteiger partial charge in [-0.25, -0.2) is 14.0 Å². The summed E-state index contributed by atoms with van der Waals surface area (Å²) in [7, 11) is 1.41. The number of aromatic nitrogens is 1. The van der Waals surface area contributed by atoms with Gasteiger partial charge in [0.05, 0.1) is 37.7 Å². The number of amides is 1. The Bertz CT molecular complexity index is 1200.